The number of carbonyl (C=O) groups excluding carboxylic acids is 2. The minimum absolute atomic E-state index is 0.0795. The molecular formula is C23H24N4O2. The van der Waals surface area contributed by atoms with E-state index in [1.54, 1.807) is 22.7 Å². The normalized spacial score (nSPS) is 16.8. The molecule has 1 aromatic heterocycles. The second-order valence-electron chi connectivity index (χ2n) is 7.51. The first-order valence-corrected chi connectivity index (χ1v) is 9.95. The number of nitrogens with zero attached hydrogens (tertiary/aromatic N) is 4. The predicted molar refractivity (Wildman–Crippen MR) is 109 cm³/mol. The molecule has 1 atom stereocenters. The maximum Gasteiger partial charge on any atom is 0.276 e. The first kappa shape index (κ1) is 19.1. The van der Waals surface area contributed by atoms with Gasteiger partial charge in [0.15, 0.2) is 5.69 Å². The minimum atomic E-state index is -0.169. The van der Waals surface area contributed by atoms with Crippen LogP contribution in [0, 0.1) is 5.92 Å². The summed E-state index contributed by atoms with van der Waals surface area (Å²) in [5.74, 6) is -0.106. The summed E-state index contributed by atoms with van der Waals surface area (Å²) >= 11 is 0. The zero-order chi connectivity index (χ0) is 20.2. The summed E-state index contributed by atoms with van der Waals surface area (Å²) in [5, 5.41) is 8.46. The average Bonchev–Trinajstić information content (AvgIpc) is 3.24. The molecule has 2 aromatic carbocycles. The van der Waals surface area contributed by atoms with Gasteiger partial charge in [0, 0.05) is 19.0 Å². The summed E-state index contributed by atoms with van der Waals surface area (Å²) in [7, 11) is 0. The van der Waals surface area contributed by atoms with Gasteiger partial charge in [-0.1, -0.05) is 65.9 Å². The zero-order valence-corrected chi connectivity index (χ0v) is 16.4. The predicted octanol–water partition coefficient (Wildman–Crippen LogP) is 3.36. The maximum absolute atomic E-state index is 13.0. The molecule has 29 heavy (non-hydrogen) atoms. The van der Waals surface area contributed by atoms with Gasteiger partial charge >= 0.3 is 0 Å². The highest BCUT2D eigenvalue weighted by Crippen LogP contribution is 2.26. The third-order valence-electron chi connectivity index (χ3n) is 5.51. The number of Topliss-reactive ketones (excluding diaryl/α,β-unsaturated/α-hetero) is 1. The van der Waals surface area contributed by atoms with Crippen LogP contribution in [0.4, 0.5) is 0 Å². The van der Waals surface area contributed by atoms with Gasteiger partial charge in [0.05, 0.1) is 6.20 Å². The number of ketones is 1. The summed E-state index contributed by atoms with van der Waals surface area (Å²) in [5.41, 5.74) is 2.44. The topological polar surface area (TPSA) is 68.1 Å². The molecule has 2 heterocycles. The van der Waals surface area contributed by atoms with Crippen LogP contribution < -0.4 is 0 Å². The third-order valence-corrected chi connectivity index (χ3v) is 5.51. The van der Waals surface area contributed by atoms with Gasteiger partial charge in [0.1, 0.15) is 11.8 Å². The van der Waals surface area contributed by atoms with Crippen molar-refractivity contribution in [1.82, 2.24) is 19.9 Å². The second kappa shape index (κ2) is 8.39. The molecule has 1 fully saturated rings. The molecule has 1 aliphatic rings. The molecular weight excluding hydrogens is 364 g/mol. The Morgan fingerprint density at radius 2 is 1.62 bits per heavy atom. The number of amides is 1. The lowest BCUT2D eigenvalue weighted by Gasteiger charge is -2.30. The molecule has 1 amide bonds. The van der Waals surface area contributed by atoms with Gasteiger partial charge in [-0.2, -0.15) is 0 Å². The molecule has 4 rings (SSSR count). The molecule has 0 saturated carbocycles. The highest BCUT2D eigenvalue weighted by molar-refractivity contribution is 5.92. The summed E-state index contributed by atoms with van der Waals surface area (Å²) < 4.78 is 1.74. The van der Waals surface area contributed by atoms with Gasteiger partial charge in [-0.15, -0.1) is 5.10 Å². The van der Waals surface area contributed by atoms with Crippen molar-refractivity contribution in [3.05, 3.63) is 83.7 Å². The fourth-order valence-corrected chi connectivity index (χ4v) is 3.92. The van der Waals surface area contributed by atoms with Crippen LogP contribution in [0.3, 0.4) is 0 Å². The number of likely N-dealkylation sites (tertiary alicyclic amines) is 1. The Labute approximate surface area is 170 Å². The van der Waals surface area contributed by atoms with Gasteiger partial charge in [0.2, 0.25) is 0 Å². The van der Waals surface area contributed by atoms with Crippen molar-refractivity contribution < 1.29 is 9.59 Å². The fourth-order valence-electron chi connectivity index (χ4n) is 3.92. The Balaban J connectivity index is 1.62. The Morgan fingerprint density at radius 1 is 1.00 bits per heavy atom. The first-order chi connectivity index (χ1) is 14.1. The lowest BCUT2D eigenvalue weighted by Crippen LogP contribution is -2.42. The van der Waals surface area contributed by atoms with E-state index >= 15 is 0 Å². The standard InChI is InChI=1S/C23H24N4O2/c1-17(28)20-13-8-14-26(15-20)23(29)21-16-27(25-24-21)22(18-9-4-2-5-10-18)19-11-6-3-7-12-19/h2-7,9-12,16,20,22H,8,13-15H2,1H3. The quantitative estimate of drug-likeness (QED) is 0.672. The van der Waals surface area contributed by atoms with Crippen molar-refractivity contribution in [3.8, 4) is 0 Å². The van der Waals surface area contributed by atoms with E-state index in [0.29, 0.717) is 18.8 Å². The van der Waals surface area contributed by atoms with E-state index in [1.807, 2.05) is 60.7 Å². The van der Waals surface area contributed by atoms with E-state index in [-0.39, 0.29) is 23.7 Å². The molecule has 0 bridgehead atoms. The molecule has 1 saturated heterocycles. The SMILES string of the molecule is CC(=O)C1CCCN(C(=O)c2cn(C(c3ccccc3)c3ccccc3)nn2)C1. The van der Waals surface area contributed by atoms with Crippen molar-refractivity contribution >= 4 is 11.7 Å². The van der Waals surface area contributed by atoms with E-state index in [4.69, 9.17) is 0 Å². The Morgan fingerprint density at radius 3 is 2.21 bits per heavy atom. The highest BCUT2D eigenvalue weighted by Gasteiger charge is 2.29. The smallest absolute Gasteiger partial charge is 0.276 e. The third kappa shape index (κ3) is 4.11. The number of hydrogen-bond acceptors (Lipinski definition) is 4. The van der Waals surface area contributed by atoms with Crippen LogP contribution in [-0.4, -0.2) is 44.7 Å². The Bertz CT molecular complexity index is 945. The number of aromatic nitrogens is 3. The lowest BCUT2D eigenvalue weighted by molar-refractivity contribution is -0.122. The van der Waals surface area contributed by atoms with E-state index in [9.17, 15) is 9.59 Å². The molecule has 0 N–H and O–H groups in total. The fraction of sp³-hybridized carbons (Fsp3) is 0.304. The average molecular weight is 388 g/mol. The first-order valence-electron chi connectivity index (χ1n) is 9.95. The van der Waals surface area contributed by atoms with Crippen molar-refractivity contribution in [1.29, 1.82) is 0 Å². The molecule has 0 aliphatic carbocycles. The van der Waals surface area contributed by atoms with E-state index < -0.39 is 0 Å². The highest BCUT2D eigenvalue weighted by atomic mass is 16.2. The zero-order valence-electron chi connectivity index (χ0n) is 16.4. The summed E-state index contributed by atoms with van der Waals surface area (Å²) in [6, 6.07) is 19.9. The van der Waals surface area contributed by atoms with Crippen molar-refractivity contribution in [2.75, 3.05) is 13.1 Å². The van der Waals surface area contributed by atoms with Crippen LogP contribution in [0.2, 0.25) is 0 Å². The van der Waals surface area contributed by atoms with Gasteiger partial charge in [-0.05, 0) is 30.9 Å². The van der Waals surface area contributed by atoms with Crippen LogP contribution in [0.5, 0.6) is 0 Å². The summed E-state index contributed by atoms with van der Waals surface area (Å²) in [6.45, 7) is 2.71. The molecule has 1 aliphatic heterocycles. The van der Waals surface area contributed by atoms with Gasteiger partial charge in [-0.25, -0.2) is 4.68 Å². The molecule has 6 nitrogen and oxygen atoms in total. The molecule has 148 valence electrons. The molecule has 0 spiro atoms. The largest absolute Gasteiger partial charge is 0.336 e. The van der Waals surface area contributed by atoms with Gasteiger partial charge in [0.25, 0.3) is 5.91 Å². The van der Waals surface area contributed by atoms with Crippen molar-refractivity contribution in [2.24, 2.45) is 5.92 Å². The number of hydrogen-bond donors (Lipinski definition) is 0. The Hall–Kier alpha value is -3.28. The summed E-state index contributed by atoms with van der Waals surface area (Å²) in [4.78, 5) is 26.4. The minimum Gasteiger partial charge on any atom is -0.336 e. The van der Waals surface area contributed by atoms with Crippen LogP contribution in [0.25, 0.3) is 0 Å². The van der Waals surface area contributed by atoms with Crippen molar-refractivity contribution in [2.45, 2.75) is 25.8 Å². The van der Waals surface area contributed by atoms with Crippen molar-refractivity contribution in [3.63, 3.8) is 0 Å². The molecule has 0 radical (unpaired) electrons. The molecule has 3 aromatic rings. The number of carbonyl (C=O) groups is 2. The van der Waals surface area contributed by atoms with Gasteiger partial charge in [-0.3, -0.25) is 9.59 Å². The monoisotopic (exact) mass is 388 g/mol. The van der Waals surface area contributed by atoms with E-state index in [2.05, 4.69) is 10.3 Å². The second-order valence-corrected chi connectivity index (χ2v) is 7.51. The van der Waals surface area contributed by atoms with Gasteiger partial charge < -0.3 is 4.90 Å². The number of rotatable bonds is 5. The summed E-state index contributed by atoms with van der Waals surface area (Å²) in [6.07, 6.45) is 3.39. The maximum atomic E-state index is 13.0. The lowest BCUT2D eigenvalue weighted by atomic mass is 9.94. The van der Waals surface area contributed by atoms with Crippen LogP contribution >= 0.6 is 0 Å². The van der Waals surface area contributed by atoms with E-state index in [1.165, 1.54) is 0 Å². The van der Waals surface area contributed by atoms with Crippen LogP contribution in [0.1, 0.15) is 47.4 Å². The number of piperidine rings is 1. The molecule has 6 heteroatoms. The number of benzene rings is 2. The Kier molecular flexibility index (Phi) is 5.51. The van der Waals surface area contributed by atoms with Crippen LogP contribution in [-0.2, 0) is 4.79 Å². The van der Waals surface area contributed by atoms with E-state index in [0.717, 1.165) is 24.0 Å². The van der Waals surface area contributed by atoms with Crippen LogP contribution in [0.15, 0.2) is 66.9 Å². The molecule has 1 unspecified atom stereocenters.